The van der Waals surface area contributed by atoms with Crippen LogP contribution in [0, 0.1) is 0 Å². The van der Waals surface area contributed by atoms with Crippen LogP contribution in [0.15, 0.2) is 30.5 Å². The molecule has 0 aliphatic rings. The van der Waals surface area contributed by atoms with E-state index < -0.39 is 0 Å². The Labute approximate surface area is 128 Å². The normalized spacial score (nSPS) is 11.6. The molecule has 0 saturated carbocycles. The standard InChI is InChI=1S/C18H29N3/c1-21(2)14-7-5-3-4-6-12-19-15-16-9-8-10-18-17(16)11-13-20-18/h8-11,13,19-20H,3-7,12,14-15H2,1-2H3. The molecule has 21 heavy (non-hydrogen) atoms. The second kappa shape index (κ2) is 8.85. The van der Waals surface area contributed by atoms with Gasteiger partial charge >= 0.3 is 0 Å². The van der Waals surface area contributed by atoms with Gasteiger partial charge in [-0.3, -0.25) is 0 Å². The van der Waals surface area contributed by atoms with Gasteiger partial charge in [-0.25, -0.2) is 0 Å². The van der Waals surface area contributed by atoms with E-state index in [9.17, 15) is 0 Å². The maximum Gasteiger partial charge on any atom is 0.0457 e. The predicted octanol–water partition coefficient (Wildman–Crippen LogP) is 3.77. The zero-order valence-corrected chi connectivity index (χ0v) is 13.5. The zero-order valence-electron chi connectivity index (χ0n) is 13.5. The number of nitrogens with zero attached hydrogens (tertiary/aromatic N) is 1. The minimum absolute atomic E-state index is 0.968. The zero-order chi connectivity index (χ0) is 14.9. The first-order valence-corrected chi connectivity index (χ1v) is 8.18. The lowest BCUT2D eigenvalue weighted by Gasteiger charge is -2.09. The summed E-state index contributed by atoms with van der Waals surface area (Å²) in [7, 11) is 4.30. The van der Waals surface area contributed by atoms with E-state index in [0.717, 1.165) is 13.1 Å². The molecule has 3 heteroatoms. The quantitative estimate of drug-likeness (QED) is 0.652. The topological polar surface area (TPSA) is 31.1 Å². The minimum Gasteiger partial charge on any atom is -0.361 e. The van der Waals surface area contributed by atoms with Gasteiger partial charge in [0.15, 0.2) is 0 Å². The first-order chi connectivity index (χ1) is 10.3. The van der Waals surface area contributed by atoms with Crippen molar-refractivity contribution in [3.63, 3.8) is 0 Å². The smallest absolute Gasteiger partial charge is 0.0457 e. The maximum absolute atomic E-state index is 3.57. The van der Waals surface area contributed by atoms with Gasteiger partial charge in [0.25, 0.3) is 0 Å². The molecule has 0 radical (unpaired) electrons. The van der Waals surface area contributed by atoms with Crippen LogP contribution in [0.1, 0.15) is 37.7 Å². The summed E-state index contributed by atoms with van der Waals surface area (Å²) in [5, 5.41) is 4.91. The van der Waals surface area contributed by atoms with Gasteiger partial charge in [-0.15, -0.1) is 0 Å². The third-order valence-corrected chi connectivity index (χ3v) is 3.96. The molecule has 0 aliphatic carbocycles. The number of hydrogen-bond donors (Lipinski definition) is 2. The molecule has 3 nitrogen and oxygen atoms in total. The number of hydrogen-bond acceptors (Lipinski definition) is 2. The second-order valence-corrected chi connectivity index (χ2v) is 6.10. The van der Waals surface area contributed by atoms with Gasteiger partial charge in [0.1, 0.15) is 0 Å². The molecule has 1 aromatic carbocycles. The van der Waals surface area contributed by atoms with Crippen LogP contribution in [-0.4, -0.2) is 37.1 Å². The number of fused-ring (bicyclic) bond motifs is 1. The van der Waals surface area contributed by atoms with E-state index in [1.54, 1.807) is 0 Å². The first-order valence-electron chi connectivity index (χ1n) is 8.18. The molecule has 1 aromatic heterocycles. The summed E-state index contributed by atoms with van der Waals surface area (Å²) < 4.78 is 0. The van der Waals surface area contributed by atoms with E-state index in [1.807, 2.05) is 6.20 Å². The number of H-pyrrole nitrogens is 1. The van der Waals surface area contributed by atoms with Crippen molar-refractivity contribution in [2.75, 3.05) is 27.2 Å². The number of aromatic amines is 1. The summed E-state index contributed by atoms with van der Waals surface area (Å²) in [6.45, 7) is 3.31. The Morgan fingerprint density at radius 3 is 2.67 bits per heavy atom. The third kappa shape index (κ3) is 5.52. The summed E-state index contributed by atoms with van der Waals surface area (Å²) in [5.74, 6) is 0. The Bertz CT molecular complexity index is 516. The highest BCUT2D eigenvalue weighted by atomic mass is 15.0. The van der Waals surface area contributed by atoms with Crippen molar-refractivity contribution in [2.24, 2.45) is 0 Å². The molecular formula is C18H29N3. The van der Waals surface area contributed by atoms with Crippen LogP contribution in [0.5, 0.6) is 0 Å². The number of aromatic nitrogens is 1. The molecule has 0 aliphatic heterocycles. The van der Waals surface area contributed by atoms with Gasteiger partial charge in [0.2, 0.25) is 0 Å². The highest BCUT2D eigenvalue weighted by Gasteiger charge is 2.00. The Morgan fingerprint density at radius 2 is 1.81 bits per heavy atom. The molecule has 0 atom stereocenters. The van der Waals surface area contributed by atoms with Crippen LogP contribution >= 0.6 is 0 Å². The number of nitrogens with one attached hydrogen (secondary N) is 2. The minimum atomic E-state index is 0.968. The van der Waals surface area contributed by atoms with Crippen molar-refractivity contribution in [3.05, 3.63) is 36.0 Å². The van der Waals surface area contributed by atoms with Gasteiger partial charge in [0, 0.05) is 23.6 Å². The van der Waals surface area contributed by atoms with Crippen LogP contribution in [-0.2, 0) is 6.54 Å². The Morgan fingerprint density at radius 1 is 1.00 bits per heavy atom. The molecule has 2 N–H and O–H groups in total. The van der Waals surface area contributed by atoms with Gasteiger partial charge in [-0.2, -0.15) is 0 Å². The number of benzene rings is 1. The van der Waals surface area contributed by atoms with Crippen molar-refractivity contribution in [1.82, 2.24) is 15.2 Å². The maximum atomic E-state index is 3.57. The molecule has 0 amide bonds. The monoisotopic (exact) mass is 287 g/mol. The largest absolute Gasteiger partial charge is 0.361 e. The van der Waals surface area contributed by atoms with Crippen molar-refractivity contribution in [1.29, 1.82) is 0 Å². The van der Waals surface area contributed by atoms with Gasteiger partial charge in [-0.1, -0.05) is 31.4 Å². The molecule has 116 valence electrons. The van der Waals surface area contributed by atoms with E-state index in [2.05, 4.69) is 53.6 Å². The predicted molar refractivity (Wildman–Crippen MR) is 91.6 cm³/mol. The molecule has 2 aromatic rings. The van der Waals surface area contributed by atoms with Crippen LogP contribution in [0.4, 0.5) is 0 Å². The molecule has 0 fully saturated rings. The first kappa shape index (κ1) is 16.1. The Hall–Kier alpha value is -1.32. The lowest BCUT2D eigenvalue weighted by Crippen LogP contribution is -2.15. The Balaban J connectivity index is 1.55. The molecule has 0 spiro atoms. The fraction of sp³-hybridized carbons (Fsp3) is 0.556. The van der Waals surface area contributed by atoms with Gasteiger partial charge in [0.05, 0.1) is 0 Å². The average molecular weight is 287 g/mol. The molecule has 1 heterocycles. The van der Waals surface area contributed by atoms with Crippen LogP contribution in [0.2, 0.25) is 0 Å². The lowest BCUT2D eigenvalue weighted by molar-refractivity contribution is 0.389. The fourth-order valence-corrected chi connectivity index (χ4v) is 2.74. The van der Waals surface area contributed by atoms with Crippen LogP contribution in [0.25, 0.3) is 10.9 Å². The summed E-state index contributed by atoms with van der Waals surface area (Å²) >= 11 is 0. The van der Waals surface area contributed by atoms with Crippen molar-refractivity contribution >= 4 is 10.9 Å². The van der Waals surface area contributed by atoms with E-state index in [4.69, 9.17) is 0 Å². The molecule has 0 saturated heterocycles. The summed E-state index contributed by atoms with van der Waals surface area (Å²) in [6.07, 6.45) is 8.70. The third-order valence-electron chi connectivity index (χ3n) is 3.96. The fourth-order valence-electron chi connectivity index (χ4n) is 2.74. The van der Waals surface area contributed by atoms with Crippen molar-refractivity contribution in [3.8, 4) is 0 Å². The van der Waals surface area contributed by atoms with Crippen molar-refractivity contribution in [2.45, 2.75) is 38.6 Å². The van der Waals surface area contributed by atoms with Crippen LogP contribution < -0.4 is 5.32 Å². The van der Waals surface area contributed by atoms with E-state index >= 15 is 0 Å². The number of rotatable bonds is 10. The average Bonchev–Trinajstić information content (AvgIpc) is 2.94. The molecule has 2 rings (SSSR count). The number of unbranched alkanes of at least 4 members (excludes halogenated alkanes) is 4. The molecule has 0 unspecified atom stereocenters. The highest BCUT2D eigenvalue weighted by Crippen LogP contribution is 2.17. The molecular weight excluding hydrogens is 258 g/mol. The SMILES string of the molecule is CN(C)CCCCCCCNCc1cccc2[nH]ccc12. The summed E-state index contributed by atoms with van der Waals surface area (Å²) in [6, 6.07) is 8.63. The van der Waals surface area contributed by atoms with Gasteiger partial charge in [-0.05, 0) is 57.7 Å². The second-order valence-electron chi connectivity index (χ2n) is 6.10. The van der Waals surface area contributed by atoms with E-state index in [-0.39, 0.29) is 0 Å². The van der Waals surface area contributed by atoms with Crippen LogP contribution in [0.3, 0.4) is 0 Å². The summed E-state index contributed by atoms with van der Waals surface area (Å²) in [5.41, 5.74) is 2.62. The molecule has 0 bridgehead atoms. The van der Waals surface area contributed by atoms with Gasteiger partial charge < -0.3 is 15.2 Å². The van der Waals surface area contributed by atoms with E-state index in [0.29, 0.717) is 0 Å². The lowest BCUT2D eigenvalue weighted by atomic mass is 10.1. The highest BCUT2D eigenvalue weighted by molar-refractivity contribution is 5.82. The Kier molecular flexibility index (Phi) is 6.77. The van der Waals surface area contributed by atoms with Crippen molar-refractivity contribution < 1.29 is 0 Å². The van der Waals surface area contributed by atoms with E-state index in [1.165, 1.54) is 55.1 Å². The summed E-state index contributed by atoms with van der Waals surface area (Å²) in [4.78, 5) is 5.53.